The number of pyridine rings is 1. The van der Waals surface area contributed by atoms with Gasteiger partial charge in [-0.2, -0.15) is 0 Å². The van der Waals surface area contributed by atoms with Crippen molar-refractivity contribution in [2.24, 2.45) is 0 Å². The molecule has 0 saturated heterocycles. The van der Waals surface area contributed by atoms with Crippen LogP contribution in [0.25, 0.3) is 10.8 Å². The van der Waals surface area contributed by atoms with Gasteiger partial charge in [0.15, 0.2) is 5.11 Å². The molecular formula is C17H15N3S. The lowest BCUT2D eigenvalue weighted by Gasteiger charge is -2.12. The Bertz CT molecular complexity index is 793. The van der Waals surface area contributed by atoms with E-state index in [2.05, 4.69) is 33.8 Å². The van der Waals surface area contributed by atoms with Crippen molar-refractivity contribution in [2.45, 2.75) is 6.92 Å². The van der Waals surface area contributed by atoms with E-state index in [9.17, 15) is 0 Å². The fraction of sp³-hybridized carbons (Fsp3) is 0.0588. The first-order valence-electron chi connectivity index (χ1n) is 6.71. The Labute approximate surface area is 129 Å². The predicted molar refractivity (Wildman–Crippen MR) is 92.8 cm³/mol. The van der Waals surface area contributed by atoms with E-state index in [1.54, 1.807) is 6.20 Å². The zero-order valence-corrected chi connectivity index (χ0v) is 12.4. The van der Waals surface area contributed by atoms with Gasteiger partial charge >= 0.3 is 0 Å². The number of fused-ring (bicyclic) bond motifs is 1. The summed E-state index contributed by atoms with van der Waals surface area (Å²) in [6, 6.07) is 18.2. The number of nitrogens with one attached hydrogen (secondary N) is 2. The molecule has 0 saturated carbocycles. The van der Waals surface area contributed by atoms with Gasteiger partial charge in [0.2, 0.25) is 0 Å². The minimum Gasteiger partial charge on any atom is -0.332 e. The van der Waals surface area contributed by atoms with Crippen molar-refractivity contribution in [1.29, 1.82) is 0 Å². The Hall–Kier alpha value is -2.46. The molecular weight excluding hydrogens is 278 g/mol. The molecule has 0 atom stereocenters. The molecule has 0 radical (unpaired) electrons. The number of aromatic nitrogens is 1. The Morgan fingerprint density at radius 1 is 1.00 bits per heavy atom. The summed E-state index contributed by atoms with van der Waals surface area (Å²) in [7, 11) is 0. The maximum atomic E-state index is 5.36. The van der Waals surface area contributed by atoms with Crippen LogP contribution in [0.15, 0.2) is 60.8 Å². The molecule has 0 amide bonds. The standard InChI is InChI=1S/C17H15N3S/c1-12-9-10-18-16(11-12)20-17(21)19-15-8-4-6-13-5-2-3-7-14(13)15/h2-11H,1H3,(H2,18,19,20,21). The van der Waals surface area contributed by atoms with Crippen LogP contribution in [0, 0.1) is 6.92 Å². The summed E-state index contributed by atoms with van der Waals surface area (Å²) in [6.07, 6.45) is 1.76. The van der Waals surface area contributed by atoms with E-state index < -0.39 is 0 Å². The van der Waals surface area contributed by atoms with Gasteiger partial charge in [0, 0.05) is 17.3 Å². The average Bonchev–Trinajstić information content (AvgIpc) is 2.47. The molecule has 0 aliphatic rings. The minimum atomic E-state index is 0.532. The van der Waals surface area contributed by atoms with Gasteiger partial charge in [-0.05, 0) is 48.3 Å². The number of hydrogen-bond donors (Lipinski definition) is 2. The molecule has 0 unspecified atom stereocenters. The van der Waals surface area contributed by atoms with E-state index >= 15 is 0 Å². The van der Waals surface area contributed by atoms with E-state index in [1.165, 1.54) is 5.39 Å². The van der Waals surface area contributed by atoms with Crippen molar-refractivity contribution < 1.29 is 0 Å². The molecule has 3 rings (SSSR count). The molecule has 0 aliphatic heterocycles. The minimum absolute atomic E-state index is 0.532. The van der Waals surface area contributed by atoms with Crippen LogP contribution in [0.5, 0.6) is 0 Å². The second-order valence-corrected chi connectivity index (χ2v) is 5.23. The highest BCUT2D eigenvalue weighted by atomic mass is 32.1. The summed E-state index contributed by atoms with van der Waals surface area (Å²) in [6.45, 7) is 2.02. The van der Waals surface area contributed by atoms with Gasteiger partial charge < -0.3 is 10.6 Å². The van der Waals surface area contributed by atoms with Crippen LogP contribution in [-0.2, 0) is 0 Å². The van der Waals surface area contributed by atoms with Crippen molar-refractivity contribution in [1.82, 2.24) is 4.98 Å². The lowest BCUT2D eigenvalue weighted by atomic mass is 10.1. The van der Waals surface area contributed by atoms with Crippen molar-refractivity contribution in [3.8, 4) is 0 Å². The zero-order chi connectivity index (χ0) is 14.7. The van der Waals surface area contributed by atoms with Crippen LogP contribution < -0.4 is 10.6 Å². The summed E-state index contributed by atoms with van der Waals surface area (Å²) >= 11 is 5.36. The Morgan fingerprint density at radius 2 is 1.81 bits per heavy atom. The molecule has 3 aromatic rings. The van der Waals surface area contributed by atoms with Gasteiger partial charge in [0.05, 0.1) is 0 Å². The van der Waals surface area contributed by atoms with Gasteiger partial charge in [-0.15, -0.1) is 0 Å². The maximum absolute atomic E-state index is 5.36. The van der Waals surface area contributed by atoms with Gasteiger partial charge in [0.1, 0.15) is 5.82 Å². The molecule has 1 heterocycles. The second kappa shape index (κ2) is 5.89. The molecule has 0 bridgehead atoms. The third-order valence-corrected chi connectivity index (χ3v) is 3.40. The third kappa shape index (κ3) is 3.17. The largest absolute Gasteiger partial charge is 0.332 e. The van der Waals surface area contributed by atoms with E-state index in [0.717, 1.165) is 22.5 Å². The molecule has 0 fully saturated rings. The molecule has 104 valence electrons. The second-order valence-electron chi connectivity index (χ2n) is 4.82. The number of hydrogen-bond acceptors (Lipinski definition) is 2. The average molecular weight is 293 g/mol. The van der Waals surface area contributed by atoms with Crippen molar-refractivity contribution in [2.75, 3.05) is 10.6 Å². The molecule has 4 heteroatoms. The predicted octanol–water partition coefficient (Wildman–Crippen LogP) is 4.35. The molecule has 0 aliphatic carbocycles. The summed E-state index contributed by atoms with van der Waals surface area (Å²) in [5.74, 6) is 0.743. The van der Waals surface area contributed by atoms with Crippen LogP contribution >= 0.6 is 12.2 Å². The SMILES string of the molecule is Cc1ccnc(NC(=S)Nc2cccc3ccccc23)c1. The Balaban J connectivity index is 1.80. The highest BCUT2D eigenvalue weighted by Crippen LogP contribution is 2.23. The summed E-state index contributed by atoms with van der Waals surface area (Å²) in [4.78, 5) is 4.24. The normalized spacial score (nSPS) is 10.3. The first kappa shape index (κ1) is 13.5. The smallest absolute Gasteiger partial charge is 0.176 e. The maximum Gasteiger partial charge on any atom is 0.176 e. The number of thiocarbonyl (C=S) groups is 1. The zero-order valence-electron chi connectivity index (χ0n) is 11.6. The van der Waals surface area contributed by atoms with Crippen molar-refractivity contribution in [3.63, 3.8) is 0 Å². The van der Waals surface area contributed by atoms with Crippen LogP contribution in [-0.4, -0.2) is 10.1 Å². The summed E-state index contributed by atoms with van der Waals surface area (Å²) < 4.78 is 0. The number of benzene rings is 2. The van der Waals surface area contributed by atoms with E-state index in [1.807, 2.05) is 43.3 Å². The molecule has 21 heavy (non-hydrogen) atoms. The highest BCUT2D eigenvalue weighted by molar-refractivity contribution is 7.80. The quantitative estimate of drug-likeness (QED) is 0.689. The van der Waals surface area contributed by atoms with Crippen LogP contribution in [0.2, 0.25) is 0 Å². The lowest BCUT2D eigenvalue weighted by molar-refractivity contribution is 1.28. The number of aryl methyl sites for hydroxylation is 1. The van der Waals surface area contributed by atoms with Gasteiger partial charge in [-0.25, -0.2) is 4.98 Å². The first-order valence-corrected chi connectivity index (χ1v) is 7.11. The number of rotatable bonds is 2. The molecule has 2 aromatic carbocycles. The molecule has 3 nitrogen and oxygen atoms in total. The van der Waals surface area contributed by atoms with E-state index in [0.29, 0.717) is 5.11 Å². The summed E-state index contributed by atoms with van der Waals surface area (Å²) in [5, 5.41) is 9.19. The Kier molecular flexibility index (Phi) is 3.79. The van der Waals surface area contributed by atoms with Gasteiger partial charge in [-0.1, -0.05) is 36.4 Å². The fourth-order valence-electron chi connectivity index (χ4n) is 2.21. The van der Waals surface area contributed by atoms with E-state index in [-0.39, 0.29) is 0 Å². The highest BCUT2D eigenvalue weighted by Gasteiger charge is 2.03. The number of anilines is 2. The molecule has 1 aromatic heterocycles. The van der Waals surface area contributed by atoms with Crippen LogP contribution in [0.4, 0.5) is 11.5 Å². The van der Waals surface area contributed by atoms with Gasteiger partial charge in [-0.3, -0.25) is 0 Å². The molecule has 2 N–H and O–H groups in total. The third-order valence-electron chi connectivity index (χ3n) is 3.19. The summed E-state index contributed by atoms with van der Waals surface area (Å²) in [5.41, 5.74) is 2.12. The first-order chi connectivity index (χ1) is 10.2. The topological polar surface area (TPSA) is 37.0 Å². The number of nitrogens with zero attached hydrogens (tertiary/aromatic N) is 1. The molecule has 0 spiro atoms. The van der Waals surface area contributed by atoms with Crippen molar-refractivity contribution in [3.05, 3.63) is 66.4 Å². The Morgan fingerprint density at radius 3 is 2.67 bits per heavy atom. The van der Waals surface area contributed by atoms with E-state index in [4.69, 9.17) is 12.2 Å². The van der Waals surface area contributed by atoms with Crippen LogP contribution in [0.1, 0.15) is 5.56 Å². The lowest BCUT2D eigenvalue weighted by Crippen LogP contribution is -2.19. The van der Waals surface area contributed by atoms with Gasteiger partial charge in [0.25, 0.3) is 0 Å². The monoisotopic (exact) mass is 293 g/mol. The van der Waals surface area contributed by atoms with Crippen molar-refractivity contribution >= 4 is 39.6 Å². The fourth-order valence-corrected chi connectivity index (χ4v) is 2.42. The van der Waals surface area contributed by atoms with Crippen LogP contribution in [0.3, 0.4) is 0 Å².